The van der Waals surface area contributed by atoms with Crippen LogP contribution >= 0.6 is 27.3 Å². The summed E-state index contributed by atoms with van der Waals surface area (Å²) in [6.45, 7) is 2.06. The van der Waals surface area contributed by atoms with E-state index in [1.54, 1.807) is 12.1 Å². The molecule has 0 aliphatic carbocycles. The average molecular weight is 423 g/mol. The number of aryl methyl sites for hydroxylation is 1. The number of rotatable bonds is 3. The number of halogens is 1. The van der Waals surface area contributed by atoms with Gasteiger partial charge in [-0.25, -0.2) is 4.98 Å². The van der Waals surface area contributed by atoms with Crippen LogP contribution in [-0.4, -0.2) is 10.8 Å². The molecule has 2 aromatic carbocycles. The second-order valence-electron chi connectivity index (χ2n) is 6.10. The molecule has 0 aliphatic heterocycles. The Kier molecular flexibility index (Phi) is 4.34. The molecular formula is C21H15BrN2OS. The Hall–Kier alpha value is -2.50. The molecule has 26 heavy (non-hydrogen) atoms. The number of aromatic nitrogens is 1. The van der Waals surface area contributed by atoms with Gasteiger partial charge in [-0.05, 0) is 43.3 Å². The van der Waals surface area contributed by atoms with Crippen molar-refractivity contribution < 1.29 is 4.79 Å². The fourth-order valence-corrected chi connectivity index (χ4v) is 4.10. The maximum Gasteiger partial charge on any atom is 0.205 e. The molecule has 0 spiro atoms. The van der Waals surface area contributed by atoms with Gasteiger partial charge in [0.05, 0.1) is 11.4 Å². The van der Waals surface area contributed by atoms with Gasteiger partial charge in [-0.1, -0.05) is 45.8 Å². The molecule has 0 fully saturated rings. The highest BCUT2D eigenvalue weighted by atomic mass is 79.9. The van der Waals surface area contributed by atoms with Crippen molar-refractivity contribution in [2.24, 2.45) is 0 Å². The second kappa shape index (κ2) is 6.67. The predicted molar refractivity (Wildman–Crippen MR) is 112 cm³/mol. The Balaban J connectivity index is 1.77. The number of nitrogens with zero attached hydrogens (tertiary/aromatic N) is 1. The number of hydrogen-bond acceptors (Lipinski definition) is 4. The average Bonchev–Trinajstić information content (AvgIpc) is 2.98. The fourth-order valence-electron chi connectivity index (χ4n) is 2.78. The minimum absolute atomic E-state index is 0.0742. The first kappa shape index (κ1) is 16.9. The molecule has 0 aliphatic rings. The first-order valence-electron chi connectivity index (χ1n) is 8.09. The lowest BCUT2D eigenvalue weighted by molar-refractivity contribution is 0.104. The topological polar surface area (TPSA) is 56.0 Å². The van der Waals surface area contributed by atoms with Crippen LogP contribution in [0, 0.1) is 6.92 Å². The summed E-state index contributed by atoms with van der Waals surface area (Å²) in [5, 5.41) is 0.825. The minimum atomic E-state index is -0.0742. The number of fused-ring (bicyclic) bond motifs is 1. The Morgan fingerprint density at radius 1 is 1.00 bits per heavy atom. The van der Waals surface area contributed by atoms with Gasteiger partial charge in [0.2, 0.25) is 5.78 Å². The summed E-state index contributed by atoms with van der Waals surface area (Å²) in [5.74, 6) is -0.0742. The number of hydrogen-bond donors (Lipinski definition) is 1. The number of anilines is 1. The van der Waals surface area contributed by atoms with Gasteiger partial charge in [-0.15, -0.1) is 11.3 Å². The summed E-state index contributed by atoms with van der Waals surface area (Å²) >= 11 is 4.73. The van der Waals surface area contributed by atoms with Crippen molar-refractivity contribution in [3.05, 3.63) is 81.1 Å². The van der Waals surface area contributed by atoms with Crippen molar-refractivity contribution in [3.63, 3.8) is 0 Å². The van der Waals surface area contributed by atoms with Crippen LogP contribution < -0.4 is 5.73 Å². The van der Waals surface area contributed by atoms with Crippen LogP contribution in [-0.2, 0) is 0 Å². The van der Waals surface area contributed by atoms with Gasteiger partial charge in [-0.3, -0.25) is 4.79 Å². The van der Waals surface area contributed by atoms with Crippen LogP contribution in [0.2, 0.25) is 0 Å². The molecule has 2 N–H and O–H groups in total. The molecule has 0 unspecified atom stereocenters. The standard InChI is InChI=1S/C21H15BrN2OS/c1-12-2-4-13(5-3-12)17-11-10-16-18(23)20(26-21(16)24-17)19(25)14-6-8-15(22)9-7-14/h2-11H,23H2,1H3. The number of carbonyl (C=O) groups is 1. The van der Waals surface area contributed by atoms with Gasteiger partial charge < -0.3 is 5.73 Å². The zero-order valence-electron chi connectivity index (χ0n) is 14.0. The number of pyridine rings is 1. The second-order valence-corrected chi connectivity index (χ2v) is 8.01. The smallest absolute Gasteiger partial charge is 0.205 e. The number of nitrogens with two attached hydrogens (primary N) is 1. The maximum atomic E-state index is 12.8. The summed E-state index contributed by atoms with van der Waals surface area (Å²) in [7, 11) is 0. The molecule has 5 heteroatoms. The number of ketones is 1. The lowest BCUT2D eigenvalue weighted by atomic mass is 10.1. The summed E-state index contributed by atoms with van der Waals surface area (Å²) in [6.07, 6.45) is 0. The zero-order chi connectivity index (χ0) is 18.3. The first-order chi connectivity index (χ1) is 12.5. The minimum Gasteiger partial charge on any atom is -0.397 e. The molecular weight excluding hydrogens is 408 g/mol. The van der Waals surface area contributed by atoms with Crippen LogP contribution in [0.3, 0.4) is 0 Å². The van der Waals surface area contributed by atoms with Crippen LogP contribution in [0.4, 0.5) is 5.69 Å². The van der Waals surface area contributed by atoms with E-state index in [0.717, 1.165) is 25.9 Å². The first-order valence-corrected chi connectivity index (χ1v) is 9.70. The van der Waals surface area contributed by atoms with E-state index < -0.39 is 0 Å². The molecule has 0 radical (unpaired) electrons. The van der Waals surface area contributed by atoms with E-state index in [1.807, 2.05) is 36.4 Å². The fraction of sp³-hybridized carbons (Fsp3) is 0.0476. The molecule has 2 aromatic heterocycles. The number of nitrogen functional groups attached to an aromatic ring is 1. The van der Waals surface area contributed by atoms with Crippen molar-refractivity contribution in [2.75, 3.05) is 5.73 Å². The highest BCUT2D eigenvalue weighted by Crippen LogP contribution is 2.35. The van der Waals surface area contributed by atoms with Crippen molar-refractivity contribution in [2.45, 2.75) is 6.92 Å². The Labute approximate surface area is 163 Å². The largest absolute Gasteiger partial charge is 0.397 e. The summed E-state index contributed by atoms with van der Waals surface area (Å²) < 4.78 is 0.933. The molecule has 3 nitrogen and oxygen atoms in total. The van der Waals surface area contributed by atoms with E-state index >= 15 is 0 Å². The van der Waals surface area contributed by atoms with Crippen LogP contribution in [0.1, 0.15) is 20.8 Å². The summed E-state index contributed by atoms with van der Waals surface area (Å²) in [5.41, 5.74) is 10.5. The monoisotopic (exact) mass is 422 g/mol. The quantitative estimate of drug-likeness (QED) is 0.421. The van der Waals surface area contributed by atoms with Gasteiger partial charge in [0.25, 0.3) is 0 Å². The predicted octanol–water partition coefficient (Wildman–Crippen LogP) is 5.85. The molecule has 0 bridgehead atoms. The van der Waals surface area contributed by atoms with E-state index in [0.29, 0.717) is 16.1 Å². The van der Waals surface area contributed by atoms with E-state index in [-0.39, 0.29) is 5.78 Å². The highest BCUT2D eigenvalue weighted by molar-refractivity contribution is 9.10. The molecule has 0 saturated heterocycles. The van der Waals surface area contributed by atoms with Crippen molar-refractivity contribution in [1.82, 2.24) is 4.98 Å². The number of carbonyl (C=O) groups excluding carboxylic acids is 1. The van der Waals surface area contributed by atoms with E-state index in [2.05, 4.69) is 35.0 Å². The van der Waals surface area contributed by atoms with Gasteiger partial charge in [0.15, 0.2) is 0 Å². The molecule has 2 heterocycles. The van der Waals surface area contributed by atoms with Gasteiger partial charge in [0, 0.05) is 21.0 Å². The number of benzene rings is 2. The van der Waals surface area contributed by atoms with Crippen molar-refractivity contribution >= 4 is 49.0 Å². The van der Waals surface area contributed by atoms with Crippen LogP contribution in [0.15, 0.2) is 65.1 Å². The molecule has 4 aromatic rings. The van der Waals surface area contributed by atoms with Crippen molar-refractivity contribution in [3.8, 4) is 11.3 Å². The molecule has 4 rings (SSSR count). The third kappa shape index (κ3) is 3.04. The Morgan fingerprint density at radius 3 is 2.38 bits per heavy atom. The molecule has 128 valence electrons. The summed E-state index contributed by atoms with van der Waals surface area (Å²) in [4.78, 5) is 18.9. The normalized spacial score (nSPS) is 11.0. The van der Waals surface area contributed by atoms with Gasteiger partial charge in [-0.2, -0.15) is 0 Å². The third-order valence-electron chi connectivity index (χ3n) is 4.25. The summed E-state index contributed by atoms with van der Waals surface area (Å²) in [6, 6.07) is 19.4. The van der Waals surface area contributed by atoms with Gasteiger partial charge in [0.1, 0.15) is 9.71 Å². The lowest BCUT2D eigenvalue weighted by Crippen LogP contribution is -2.01. The Bertz CT molecular complexity index is 1120. The van der Waals surface area contributed by atoms with Crippen LogP contribution in [0.25, 0.3) is 21.5 Å². The van der Waals surface area contributed by atoms with E-state index in [1.165, 1.54) is 16.9 Å². The number of thiophene rings is 1. The molecule has 0 amide bonds. The zero-order valence-corrected chi connectivity index (χ0v) is 16.4. The SMILES string of the molecule is Cc1ccc(-c2ccc3c(N)c(C(=O)c4ccc(Br)cc4)sc3n2)cc1. The third-order valence-corrected chi connectivity index (χ3v) is 5.90. The highest BCUT2D eigenvalue weighted by Gasteiger charge is 2.19. The van der Waals surface area contributed by atoms with Gasteiger partial charge >= 0.3 is 0 Å². The molecule has 0 saturated carbocycles. The lowest BCUT2D eigenvalue weighted by Gasteiger charge is -2.02. The maximum absolute atomic E-state index is 12.8. The van der Waals surface area contributed by atoms with E-state index in [9.17, 15) is 4.79 Å². The van der Waals surface area contributed by atoms with E-state index in [4.69, 9.17) is 10.7 Å². The van der Waals surface area contributed by atoms with Crippen LogP contribution in [0.5, 0.6) is 0 Å². The Morgan fingerprint density at radius 2 is 1.69 bits per heavy atom. The van der Waals surface area contributed by atoms with Crippen molar-refractivity contribution in [1.29, 1.82) is 0 Å². The molecule has 0 atom stereocenters.